The van der Waals surface area contributed by atoms with E-state index in [2.05, 4.69) is 15.6 Å². The zero-order valence-electron chi connectivity index (χ0n) is 14.9. The Morgan fingerprint density at radius 1 is 1.11 bits per heavy atom. The van der Waals surface area contributed by atoms with E-state index in [0.717, 1.165) is 10.6 Å². The SMILES string of the molecule is CC(=O)Nc1ccc(F)c(NC(=O)Cc2csc(-c3ccc(C)cc3)n2)c1. The Morgan fingerprint density at radius 2 is 1.85 bits per heavy atom. The van der Waals surface area contributed by atoms with Crippen LogP contribution in [0.1, 0.15) is 18.2 Å². The number of aryl methyl sites for hydroxylation is 1. The first-order valence-electron chi connectivity index (χ1n) is 8.29. The largest absolute Gasteiger partial charge is 0.326 e. The summed E-state index contributed by atoms with van der Waals surface area (Å²) in [6.07, 6.45) is 0.0339. The molecular formula is C20H18FN3O2S. The number of amides is 2. The molecule has 0 spiro atoms. The predicted molar refractivity (Wildman–Crippen MR) is 105 cm³/mol. The zero-order valence-corrected chi connectivity index (χ0v) is 15.7. The maximum Gasteiger partial charge on any atom is 0.230 e. The van der Waals surface area contributed by atoms with Crippen LogP contribution in [0.2, 0.25) is 0 Å². The van der Waals surface area contributed by atoms with Crippen molar-refractivity contribution in [3.05, 3.63) is 64.9 Å². The molecule has 138 valence electrons. The fraction of sp³-hybridized carbons (Fsp3) is 0.150. The number of carbonyl (C=O) groups is 2. The molecule has 0 aliphatic carbocycles. The summed E-state index contributed by atoms with van der Waals surface area (Å²) in [6, 6.07) is 12.0. The van der Waals surface area contributed by atoms with Crippen LogP contribution in [0.3, 0.4) is 0 Å². The number of anilines is 2. The highest BCUT2D eigenvalue weighted by molar-refractivity contribution is 7.13. The van der Waals surface area contributed by atoms with E-state index >= 15 is 0 Å². The van der Waals surface area contributed by atoms with Crippen LogP contribution in [0, 0.1) is 12.7 Å². The topological polar surface area (TPSA) is 71.1 Å². The summed E-state index contributed by atoms with van der Waals surface area (Å²) in [5.74, 6) is -1.23. The van der Waals surface area contributed by atoms with E-state index in [0.29, 0.717) is 11.4 Å². The van der Waals surface area contributed by atoms with Crippen molar-refractivity contribution in [2.45, 2.75) is 20.3 Å². The second kappa shape index (κ2) is 8.09. The molecule has 1 aromatic heterocycles. The monoisotopic (exact) mass is 383 g/mol. The third-order valence-corrected chi connectivity index (χ3v) is 4.69. The number of hydrogen-bond donors (Lipinski definition) is 2. The van der Waals surface area contributed by atoms with Crippen molar-refractivity contribution in [2.75, 3.05) is 10.6 Å². The number of hydrogen-bond acceptors (Lipinski definition) is 4. The van der Waals surface area contributed by atoms with Crippen LogP contribution >= 0.6 is 11.3 Å². The minimum Gasteiger partial charge on any atom is -0.326 e. The van der Waals surface area contributed by atoms with Crippen molar-refractivity contribution >= 4 is 34.5 Å². The molecule has 0 saturated heterocycles. The Bertz CT molecular complexity index is 983. The molecule has 27 heavy (non-hydrogen) atoms. The Labute approximate surface area is 160 Å². The van der Waals surface area contributed by atoms with Gasteiger partial charge in [-0.15, -0.1) is 11.3 Å². The van der Waals surface area contributed by atoms with Crippen LogP contribution in [0.5, 0.6) is 0 Å². The highest BCUT2D eigenvalue weighted by Gasteiger charge is 2.12. The van der Waals surface area contributed by atoms with Crippen LogP contribution in [0.15, 0.2) is 47.8 Å². The third-order valence-electron chi connectivity index (χ3n) is 3.75. The Kier molecular flexibility index (Phi) is 5.61. The van der Waals surface area contributed by atoms with Crippen LogP contribution in [-0.4, -0.2) is 16.8 Å². The van der Waals surface area contributed by atoms with Crippen LogP contribution in [-0.2, 0) is 16.0 Å². The lowest BCUT2D eigenvalue weighted by Crippen LogP contribution is -2.16. The van der Waals surface area contributed by atoms with Crippen molar-refractivity contribution in [3.63, 3.8) is 0 Å². The van der Waals surface area contributed by atoms with Gasteiger partial charge in [0.1, 0.15) is 10.8 Å². The molecule has 0 radical (unpaired) electrons. The zero-order chi connectivity index (χ0) is 19.4. The van der Waals surface area contributed by atoms with Crippen molar-refractivity contribution in [2.24, 2.45) is 0 Å². The molecule has 3 aromatic rings. The number of rotatable bonds is 5. The van der Waals surface area contributed by atoms with E-state index in [-0.39, 0.29) is 23.9 Å². The van der Waals surface area contributed by atoms with Crippen molar-refractivity contribution in [1.29, 1.82) is 0 Å². The Balaban J connectivity index is 1.68. The fourth-order valence-electron chi connectivity index (χ4n) is 2.48. The lowest BCUT2D eigenvalue weighted by molar-refractivity contribution is -0.116. The number of nitrogens with one attached hydrogen (secondary N) is 2. The second-order valence-corrected chi connectivity index (χ2v) is 6.97. The van der Waals surface area contributed by atoms with Crippen molar-refractivity contribution < 1.29 is 14.0 Å². The highest BCUT2D eigenvalue weighted by Crippen LogP contribution is 2.25. The lowest BCUT2D eigenvalue weighted by Gasteiger charge is -2.08. The molecule has 2 aromatic carbocycles. The molecule has 3 rings (SSSR count). The molecule has 0 bridgehead atoms. The van der Waals surface area contributed by atoms with Gasteiger partial charge >= 0.3 is 0 Å². The van der Waals surface area contributed by atoms with Gasteiger partial charge in [0.2, 0.25) is 11.8 Å². The maximum absolute atomic E-state index is 13.9. The highest BCUT2D eigenvalue weighted by atomic mass is 32.1. The van der Waals surface area contributed by atoms with E-state index < -0.39 is 5.82 Å². The van der Waals surface area contributed by atoms with E-state index in [9.17, 15) is 14.0 Å². The third kappa shape index (κ3) is 4.98. The molecule has 0 atom stereocenters. The number of carbonyl (C=O) groups excluding carboxylic acids is 2. The predicted octanol–water partition coefficient (Wildman–Crippen LogP) is 4.40. The number of halogens is 1. The number of benzene rings is 2. The fourth-order valence-corrected chi connectivity index (χ4v) is 3.30. The molecule has 1 heterocycles. The molecule has 0 aliphatic heterocycles. The molecule has 2 amide bonds. The summed E-state index contributed by atoms with van der Waals surface area (Å²) in [5, 5.41) is 7.73. The van der Waals surface area contributed by atoms with Gasteiger partial charge in [-0.1, -0.05) is 29.8 Å². The van der Waals surface area contributed by atoms with E-state index in [1.54, 1.807) is 0 Å². The number of thiazole rings is 1. The minimum atomic E-state index is -0.573. The second-order valence-electron chi connectivity index (χ2n) is 6.11. The Hall–Kier alpha value is -3.06. The van der Waals surface area contributed by atoms with Gasteiger partial charge in [-0.3, -0.25) is 9.59 Å². The summed E-state index contributed by atoms with van der Waals surface area (Å²) in [7, 11) is 0. The number of nitrogens with zero attached hydrogens (tertiary/aromatic N) is 1. The van der Waals surface area contributed by atoms with Gasteiger partial charge in [0, 0.05) is 23.6 Å². The quantitative estimate of drug-likeness (QED) is 0.686. The van der Waals surface area contributed by atoms with Crippen LogP contribution in [0.4, 0.5) is 15.8 Å². The summed E-state index contributed by atoms with van der Waals surface area (Å²) in [6.45, 7) is 3.37. The van der Waals surface area contributed by atoms with E-state index in [1.807, 2.05) is 36.6 Å². The van der Waals surface area contributed by atoms with Gasteiger partial charge in [0.25, 0.3) is 0 Å². The van der Waals surface area contributed by atoms with Crippen LogP contribution < -0.4 is 10.6 Å². The standard InChI is InChI=1S/C20H18FN3O2S/c1-12-3-5-14(6-4-12)20-23-16(11-27-20)10-19(26)24-18-9-15(22-13(2)25)7-8-17(18)21/h3-9,11H,10H2,1-2H3,(H,22,25)(H,24,26). The molecule has 0 unspecified atom stereocenters. The molecule has 0 fully saturated rings. The first kappa shape index (κ1) is 18.7. The normalized spacial score (nSPS) is 10.5. The van der Waals surface area contributed by atoms with Crippen molar-refractivity contribution in [1.82, 2.24) is 4.98 Å². The van der Waals surface area contributed by atoms with E-state index in [1.165, 1.54) is 42.0 Å². The van der Waals surface area contributed by atoms with Gasteiger partial charge in [0.15, 0.2) is 0 Å². The molecule has 2 N–H and O–H groups in total. The molecule has 0 saturated carbocycles. The maximum atomic E-state index is 13.9. The van der Waals surface area contributed by atoms with Gasteiger partial charge in [-0.2, -0.15) is 0 Å². The molecule has 0 aliphatic rings. The summed E-state index contributed by atoms with van der Waals surface area (Å²) < 4.78 is 13.9. The van der Waals surface area contributed by atoms with E-state index in [4.69, 9.17) is 0 Å². The van der Waals surface area contributed by atoms with Gasteiger partial charge in [-0.05, 0) is 25.1 Å². The average molecular weight is 383 g/mol. The summed E-state index contributed by atoms with van der Waals surface area (Å²) in [4.78, 5) is 27.8. The van der Waals surface area contributed by atoms with Gasteiger partial charge in [-0.25, -0.2) is 9.37 Å². The first-order valence-corrected chi connectivity index (χ1v) is 9.17. The first-order chi connectivity index (χ1) is 12.9. The smallest absolute Gasteiger partial charge is 0.230 e. The minimum absolute atomic E-state index is 0.0141. The summed E-state index contributed by atoms with van der Waals surface area (Å²) >= 11 is 1.46. The molecule has 7 heteroatoms. The van der Waals surface area contributed by atoms with Gasteiger partial charge < -0.3 is 10.6 Å². The molecular weight excluding hydrogens is 365 g/mol. The number of aromatic nitrogens is 1. The Morgan fingerprint density at radius 3 is 2.56 bits per heavy atom. The summed E-state index contributed by atoms with van der Waals surface area (Å²) in [5.41, 5.74) is 3.20. The lowest BCUT2D eigenvalue weighted by atomic mass is 10.2. The van der Waals surface area contributed by atoms with Crippen LogP contribution in [0.25, 0.3) is 10.6 Å². The van der Waals surface area contributed by atoms with Crippen molar-refractivity contribution in [3.8, 4) is 10.6 Å². The molecule has 5 nitrogen and oxygen atoms in total. The van der Waals surface area contributed by atoms with Gasteiger partial charge in [0.05, 0.1) is 17.8 Å². The average Bonchev–Trinajstić information content (AvgIpc) is 3.06.